The lowest BCUT2D eigenvalue weighted by Crippen LogP contribution is -2.38. The standard InChI is InChI=1S/C28H32N2O5S/c1-19-10-16-22(17-11-19)36(32,33)30-25(18-26(31)35-28(2,3)4)23-8-6-7-9-24(23)27(30)29-20-12-14-21(34-5)15-13-20/h6-17,25,27,29H,18H2,1-5H3/t25-,27-/m0/s1. The van der Waals surface area contributed by atoms with E-state index in [1.807, 2.05) is 43.3 Å². The maximum atomic E-state index is 14.1. The number of benzene rings is 3. The molecule has 0 unspecified atom stereocenters. The molecule has 3 aromatic rings. The Labute approximate surface area is 213 Å². The SMILES string of the molecule is COc1ccc(N[C@@H]2c3ccccc3[C@H](CC(=O)OC(C)(C)C)N2S(=O)(=O)c2ccc(C)cc2)cc1. The van der Waals surface area contributed by atoms with Gasteiger partial charge in [0, 0.05) is 5.69 Å². The normalized spacial score (nSPS) is 17.9. The molecule has 8 heteroatoms. The maximum Gasteiger partial charge on any atom is 0.308 e. The van der Waals surface area contributed by atoms with Gasteiger partial charge in [-0.05, 0) is 75.2 Å². The van der Waals surface area contributed by atoms with E-state index in [-0.39, 0.29) is 11.3 Å². The molecule has 0 fully saturated rings. The highest BCUT2D eigenvalue weighted by molar-refractivity contribution is 7.89. The molecule has 1 aliphatic heterocycles. The predicted molar refractivity (Wildman–Crippen MR) is 139 cm³/mol. The van der Waals surface area contributed by atoms with Crippen molar-refractivity contribution in [1.29, 1.82) is 0 Å². The summed E-state index contributed by atoms with van der Waals surface area (Å²) in [5.74, 6) is 0.232. The summed E-state index contributed by atoms with van der Waals surface area (Å²) in [6.07, 6.45) is -0.839. The van der Waals surface area contributed by atoms with Gasteiger partial charge in [0.1, 0.15) is 17.5 Å². The number of ether oxygens (including phenoxy) is 2. The molecule has 0 spiro atoms. The van der Waals surface area contributed by atoms with Gasteiger partial charge in [-0.15, -0.1) is 0 Å². The number of nitrogens with one attached hydrogen (secondary N) is 1. The Kier molecular flexibility index (Phi) is 7.11. The number of carbonyl (C=O) groups is 1. The molecule has 0 bridgehead atoms. The van der Waals surface area contributed by atoms with Crippen molar-refractivity contribution in [3.05, 3.63) is 89.5 Å². The van der Waals surface area contributed by atoms with Gasteiger partial charge in [-0.1, -0.05) is 42.0 Å². The van der Waals surface area contributed by atoms with Crippen molar-refractivity contribution in [2.24, 2.45) is 0 Å². The van der Waals surface area contributed by atoms with Crippen molar-refractivity contribution in [3.63, 3.8) is 0 Å². The van der Waals surface area contributed by atoms with E-state index in [4.69, 9.17) is 9.47 Å². The fourth-order valence-corrected chi connectivity index (χ4v) is 6.07. The third-order valence-corrected chi connectivity index (χ3v) is 7.87. The Bertz CT molecular complexity index is 1330. The summed E-state index contributed by atoms with van der Waals surface area (Å²) < 4.78 is 40.4. The summed E-state index contributed by atoms with van der Waals surface area (Å²) in [7, 11) is -2.42. The summed E-state index contributed by atoms with van der Waals surface area (Å²) in [5, 5.41) is 3.38. The van der Waals surface area contributed by atoms with Gasteiger partial charge >= 0.3 is 5.97 Å². The van der Waals surface area contributed by atoms with Crippen LogP contribution < -0.4 is 10.1 Å². The molecule has 1 aliphatic rings. The van der Waals surface area contributed by atoms with Gasteiger partial charge in [-0.3, -0.25) is 4.79 Å². The molecule has 4 rings (SSSR count). The fraction of sp³-hybridized carbons (Fsp3) is 0.321. The van der Waals surface area contributed by atoms with E-state index >= 15 is 0 Å². The van der Waals surface area contributed by atoms with E-state index in [1.54, 1.807) is 64.3 Å². The lowest BCUT2D eigenvalue weighted by Gasteiger charge is -2.31. The van der Waals surface area contributed by atoms with Crippen LogP contribution in [0, 0.1) is 6.92 Å². The molecule has 0 saturated heterocycles. The number of methoxy groups -OCH3 is 1. The van der Waals surface area contributed by atoms with Gasteiger partial charge in [-0.25, -0.2) is 8.42 Å². The smallest absolute Gasteiger partial charge is 0.308 e. The molecule has 190 valence electrons. The van der Waals surface area contributed by atoms with Gasteiger partial charge in [0.25, 0.3) is 0 Å². The second kappa shape index (κ2) is 9.95. The highest BCUT2D eigenvalue weighted by Crippen LogP contribution is 2.47. The predicted octanol–water partition coefficient (Wildman–Crippen LogP) is 5.59. The van der Waals surface area contributed by atoms with Crippen LogP contribution in [0.25, 0.3) is 0 Å². The first kappa shape index (κ1) is 25.7. The number of nitrogens with zero attached hydrogens (tertiary/aromatic N) is 1. The molecule has 7 nitrogen and oxygen atoms in total. The zero-order valence-corrected chi connectivity index (χ0v) is 22.0. The molecular weight excluding hydrogens is 476 g/mol. The first-order valence-corrected chi connectivity index (χ1v) is 13.2. The minimum atomic E-state index is -4.01. The number of carbonyl (C=O) groups excluding carboxylic acids is 1. The van der Waals surface area contributed by atoms with Crippen LogP contribution >= 0.6 is 0 Å². The van der Waals surface area contributed by atoms with Crippen LogP contribution in [0.2, 0.25) is 0 Å². The van der Waals surface area contributed by atoms with E-state index in [9.17, 15) is 13.2 Å². The molecule has 0 aromatic heterocycles. The van der Waals surface area contributed by atoms with E-state index < -0.39 is 33.8 Å². The lowest BCUT2D eigenvalue weighted by atomic mass is 10.0. The largest absolute Gasteiger partial charge is 0.497 e. The van der Waals surface area contributed by atoms with Crippen LogP contribution in [0.3, 0.4) is 0 Å². The minimum Gasteiger partial charge on any atom is -0.497 e. The van der Waals surface area contributed by atoms with Gasteiger partial charge in [0.15, 0.2) is 0 Å². The lowest BCUT2D eigenvalue weighted by molar-refractivity contribution is -0.155. The van der Waals surface area contributed by atoms with Crippen LogP contribution in [0.1, 0.15) is 56.1 Å². The number of hydrogen-bond donors (Lipinski definition) is 1. The topological polar surface area (TPSA) is 84.9 Å². The summed E-state index contributed by atoms with van der Waals surface area (Å²) >= 11 is 0. The zero-order chi connectivity index (χ0) is 26.1. The quantitative estimate of drug-likeness (QED) is 0.419. The second-order valence-corrected chi connectivity index (χ2v) is 11.7. The summed E-state index contributed by atoms with van der Waals surface area (Å²) in [4.78, 5) is 13.1. The molecule has 2 atom stereocenters. The highest BCUT2D eigenvalue weighted by atomic mass is 32.2. The third kappa shape index (κ3) is 5.39. The summed E-state index contributed by atoms with van der Waals surface area (Å²) in [6, 6.07) is 20.8. The Morgan fingerprint density at radius 2 is 1.56 bits per heavy atom. The van der Waals surface area contributed by atoms with Crippen molar-refractivity contribution in [1.82, 2.24) is 4.31 Å². The molecule has 36 heavy (non-hydrogen) atoms. The third-order valence-electron chi connectivity index (χ3n) is 5.98. The van der Waals surface area contributed by atoms with Gasteiger partial charge in [0.2, 0.25) is 10.0 Å². The fourth-order valence-electron chi connectivity index (χ4n) is 4.38. The van der Waals surface area contributed by atoms with Crippen LogP contribution in [-0.2, 0) is 19.6 Å². The molecule has 3 aromatic carbocycles. The molecule has 0 radical (unpaired) electrons. The van der Waals surface area contributed by atoms with Crippen molar-refractivity contribution >= 4 is 21.7 Å². The van der Waals surface area contributed by atoms with E-state index in [0.29, 0.717) is 5.75 Å². The van der Waals surface area contributed by atoms with E-state index in [2.05, 4.69) is 5.32 Å². The average Bonchev–Trinajstić information content (AvgIpc) is 3.12. The molecule has 0 saturated carbocycles. The highest BCUT2D eigenvalue weighted by Gasteiger charge is 2.47. The average molecular weight is 509 g/mol. The maximum absolute atomic E-state index is 14.1. The van der Waals surface area contributed by atoms with Crippen LogP contribution in [-0.4, -0.2) is 31.4 Å². The van der Waals surface area contributed by atoms with Crippen molar-refractivity contribution in [2.45, 2.75) is 56.8 Å². The van der Waals surface area contributed by atoms with Crippen LogP contribution in [0.5, 0.6) is 5.75 Å². The van der Waals surface area contributed by atoms with E-state index in [0.717, 1.165) is 22.4 Å². The molecular formula is C28H32N2O5S. The number of esters is 1. The zero-order valence-electron chi connectivity index (χ0n) is 21.2. The van der Waals surface area contributed by atoms with Crippen molar-refractivity contribution in [2.75, 3.05) is 12.4 Å². The monoisotopic (exact) mass is 508 g/mol. The summed E-state index contributed by atoms with van der Waals surface area (Å²) in [5.41, 5.74) is 2.55. The van der Waals surface area contributed by atoms with E-state index in [1.165, 1.54) is 4.31 Å². The Morgan fingerprint density at radius 3 is 2.14 bits per heavy atom. The van der Waals surface area contributed by atoms with Gasteiger partial charge in [-0.2, -0.15) is 4.31 Å². The molecule has 1 heterocycles. The van der Waals surface area contributed by atoms with Crippen molar-refractivity contribution in [3.8, 4) is 5.75 Å². The van der Waals surface area contributed by atoms with Crippen molar-refractivity contribution < 1.29 is 22.7 Å². The first-order chi connectivity index (χ1) is 17.0. The van der Waals surface area contributed by atoms with Crippen LogP contribution in [0.4, 0.5) is 5.69 Å². The number of fused-ring (bicyclic) bond motifs is 1. The number of hydrogen-bond acceptors (Lipinski definition) is 6. The molecule has 1 N–H and O–H groups in total. The molecule has 0 aliphatic carbocycles. The number of sulfonamides is 1. The van der Waals surface area contributed by atoms with Crippen LogP contribution in [0.15, 0.2) is 77.7 Å². The number of anilines is 1. The van der Waals surface area contributed by atoms with Gasteiger partial charge < -0.3 is 14.8 Å². The summed E-state index contributed by atoms with van der Waals surface area (Å²) in [6.45, 7) is 7.29. The Morgan fingerprint density at radius 1 is 0.944 bits per heavy atom. The first-order valence-electron chi connectivity index (χ1n) is 11.8. The Hall–Kier alpha value is -3.36. The Balaban J connectivity index is 1.80. The molecule has 0 amide bonds. The second-order valence-electron chi connectivity index (χ2n) is 9.86. The number of aryl methyl sites for hydroxylation is 1. The minimum absolute atomic E-state index is 0.111. The van der Waals surface area contributed by atoms with Gasteiger partial charge in [0.05, 0.1) is 24.5 Å². The number of rotatable bonds is 7.